The summed E-state index contributed by atoms with van der Waals surface area (Å²) in [5.74, 6) is 2.34. The van der Waals surface area contributed by atoms with Crippen LogP contribution in [0.4, 0.5) is 0 Å². The van der Waals surface area contributed by atoms with Crippen molar-refractivity contribution in [3.8, 4) is 17.2 Å². The first-order chi connectivity index (χ1) is 11.2. The second kappa shape index (κ2) is 6.66. The van der Waals surface area contributed by atoms with Gasteiger partial charge in [0, 0.05) is 0 Å². The topological polar surface area (TPSA) is 52.1 Å². The molecule has 0 aliphatic carbocycles. The Morgan fingerprint density at radius 3 is 2.57 bits per heavy atom. The maximum absolute atomic E-state index is 5.87. The Bertz CT molecular complexity index is 853. The Kier molecular flexibility index (Phi) is 4.43. The van der Waals surface area contributed by atoms with Crippen molar-refractivity contribution in [2.24, 2.45) is 0 Å². The Morgan fingerprint density at radius 1 is 1.13 bits per heavy atom. The first kappa shape index (κ1) is 15.3. The Morgan fingerprint density at radius 2 is 1.87 bits per heavy atom. The molecular formula is C17H17N3O2S. The number of ether oxygens (including phenoxy) is 2. The van der Waals surface area contributed by atoms with E-state index in [0.717, 1.165) is 22.7 Å². The number of aromatic nitrogens is 3. The number of hydrogen-bond acceptors (Lipinski definition) is 4. The highest BCUT2D eigenvalue weighted by Gasteiger charge is 2.10. The molecule has 0 radical (unpaired) electrons. The van der Waals surface area contributed by atoms with E-state index >= 15 is 0 Å². The van der Waals surface area contributed by atoms with Gasteiger partial charge in [0.25, 0.3) is 0 Å². The molecule has 1 heterocycles. The summed E-state index contributed by atoms with van der Waals surface area (Å²) >= 11 is 5.33. The fourth-order valence-corrected chi connectivity index (χ4v) is 2.54. The van der Waals surface area contributed by atoms with Gasteiger partial charge in [0.15, 0.2) is 10.6 Å². The Hall–Kier alpha value is -2.60. The van der Waals surface area contributed by atoms with Gasteiger partial charge >= 0.3 is 0 Å². The van der Waals surface area contributed by atoms with Gasteiger partial charge in [-0.15, -0.1) is 0 Å². The SMILES string of the molecule is COc1ccc(-n2c(COc3ccccc3C)n[nH]c2=S)cc1. The van der Waals surface area contributed by atoms with E-state index in [1.807, 2.05) is 60.0 Å². The predicted molar refractivity (Wildman–Crippen MR) is 90.8 cm³/mol. The minimum absolute atomic E-state index is 0.323. The quantitative estimate of drug-likeness (QED) is 0.724. The highest BCUT2D eigenvalue weighted by Crippen LogP contribution is 2.20. The van der Waals surface area contributed by atoms with Crippen LogP contribution in [0.5, 0.6) is 11.5 Å². The first-order valence-corrected chi connectivity index (χ1v) is 7.59. The molecular weight excluding hydrogens is 310 g/mol. The van der Waals surface area contributed by atoms with E-state index in [1.165, 1.54) is 0 Å². The highest BCUT2D eigenvalue weighted by atomic mass is 32.1. The van der Waals surface area contributed by atoms with E-state index in [2.05, 4.69) is 10.2 Å². The van der Waals surface area contributed by atoms with Crippen LogP contribution in [0.1, 0.15) is 11.4 Å². The van der Waals surface area contributed by atoms with E-state index in [4.69, 9.17) is 21.7 Å². The number of nitrogens with one attached hydrogen (secondary N) is 1. The van der Waals surface area contributed by atoms with Crippen molar-refractivity contribution in [2.45, 2.75) is 13.5 Å². The van der Waals surface area contributed by atoms with Gasteiger partial charge in [-0.1, -0.05) is 18.2 Å². The molecule has 0 bridgehead atoms. The largest absolute Gasteiger partial charge is 0.497 e. The van der Waals surface area contributed by atoms with Crippen LogP contribution in [-0.4, -0.2) is 21.9 Å². The molecule has 3 rings (SSSR count). The smallest absolute Gasteiger partial charge is 0.199 e. The standard InChI is InChI=1S/C17H17N3O2S/c1-12-5-3-4-6-15(12)22-11-16-18-19-17(23)20(16)13-7-9-14(21-2)10-8-13/h3-10H,11H2,1-2H3,(H,19,23). The van der Waals surface area contributed by atoms with Gasteiger partial charge in [0.2, 0.25) is 0 Å². The molecule has 5 nitrogen and oxygen atoms in total. The molecule has 0 aliphatic rings. The number of nitrogens with zero attached hydrogens (tertiary/aromatic N) is 2. The molecule has 0 spiro atoms. The fraction of sp³-hybridized carbons (Fsp3) is 0.176. The van der Waals surface area contributed by atoms with E-state index in [9.17, 15) is 0 Å². The van der Waals surface area contributed by atoms with Crippen molar-refractivity contribution in [3.05, 3.63) is 64.7 Å². The van der Waals surface area contributed by atoms with Crippen LogP contribution in [0.15, 0.2) is 48.5 Å². The monoisotopic (exact) mass is 327 g/mol. The van der Waals surface area contributed by atoms with E-state index in [1.54, 1.807) is 7.11 Å². The minimum atomic E-state index is 0.323. The van der Waals surface area contributed by atoms with Gasteiger partial charge in [-0.3, -0.25) is 9.67 Å². The van der Waals surface area contributed by atoms with Crippen LogP contribution in [0.25, 0.3) is 5.69 Å². The lowest BCUT2D eigenvalue weighted by atomic mass is 10.2. The average molecular weight is 327 g/mol. The lowest BCUT2D eigenvalue weighted by Gasteiger charge is -2.10. The zero-order chi connectivity index (χ0) is 16.2. The zero-order valence-corrected chi connectivity index (χ0v) is 13.8. The third-order valence-corrected chi connectivity index (χ3v) is 3.80. The summed E-state index contributed by atoms with van der Waals surface area (Å²) in [7, 11) is 1.64. The van der Waals surface area contributed by atoms with Gasteiger partial charge < -0.3 is 9.47 Å². The van der Waals surface area contributed by atoms with Crippen molar-refractivity contribution in [1.82, 2.24) is 14.8 Å². The molecule has 0 saturated carbocycles. The summed E-state index contributed by atoms with van der Waals surface area (Å²) in [4.78, 5) is 0. The van der Waals surface area contributed by atoms with Crippen LogP contribution in [0.3, 0.4) is 0 Å². The number of hydrogen-bond donors (Lipinski definition) is 1. The van der Waals surface area contributed by atoms with Gasteiger partial charge in [-0.05, 0) is 55.0 Å². The average Bonchev–Trinajstić information content (AvgIpc) is 2.95. The van der Waals surface area contributed by atoms with Crippen molar-refractivity contribution < 1.29 is 9.47 Å². The van der Waals surface area contributed by atoms with Crippen LogP contribution >= 0.6 is 12.2 Å². The van der Waals surface area contributed by atoms with Gasteiger partial charge in [0.05, 0.1) is 12.8 Å². The van der Waals surface area contributed by atoms with Gasteiger partial charge in [-0.2, -0.15) is 5.10 Å². The summed E-state index contributed by atoms with van der Waals surface area (Å²) in [6.07, 6.45) is 0. The number of methoxy groups -OCH3 is 1. The van der Waals surface area contributed by atoms with E-state index < -0.39 is 0 Å². The van der Waals surface area contributed by atoms with Crippen LogP contribution in [0, 0.1) is 11.7 Å². The molecule has 0 amide bonds. The van der Waals surface area contributed by atoms with Crippen molar-refractivity contribution in [1.29, 1.82) is 0 Å². The number of benzene rings is 2. The summed E-state index contributed by atoms with van der Waals surface area (Å²) in [6, 6.07) is 15.5. The van der Waals surface area contributed by atoms with Crippen LogP contribution in [0.2, 0.25) is 0 Å². The van der Waals surface area contributed by atoms with Crippen LogP contribution < -0.4 is 9.47 Å². The molecule has 0 fully saturated rings. The Balaban J connectivity index is 1.86. The molecule has 0 unspecified atom stereocenters. The second-order valence-electron chi connectivity index (χ2n) is 5.03. The van der Waals surface area contributed by atoms with Crippen molar-refractivity contribution in [2.75, 3.05) is 7.11 Å². The van der Waals surface area contributed by atoms with E-state index in [0.29, 0.717) is 17.2 Å². The third-order valence-electron chi connectivity index (χ3n) is 3.52. The molecule has 1 N–H and O–H groups in total. The zero-order valence-electron chi connectivity index (χ0n) is 12.9. The molecule has 0 atom stereocenters. The Labute approximate surface area is 139 Å². The molecule has 1 aromatic heterocycles. The minimum Gasteiger partial charge on any atom is -0.497 e. The van der Waals surface area contributed by atoms with E-state index in [-0.39, 0.29) is 0 Å². The predicted octanol–water partition coefficient (Wildman–Crippen LogP) is 3.83. The number of rotatable bonds is 5. The maximum atomic E-state index is 5.87. The number of H-pyrrole nitrogens is 1. The first-order valence-electron chi connectivity index (χ1n) is 7.18. The molecule has 23 heavy (non-hydrogen) atoms. The van der Waals surface area contributed by atoms with Gasteiger partial charge in [-0.25, -0.2) is 0 Å². The molecule has 0 aliphatic heterocycles. The molecule has 3 aromatic rings. The van der Waals surface area contributed by atoms with Crippen molar-refractivity contribution >= 4 is 12.2 Å². The number of para-hydroxylation sites is 1. The number of aryl methyl sites for hydroxylation is 1. The number of aromatic amines is 1. The summed E-state index contributed by atoms with van der Waals surface area (Å²) in [5.41, 5.74) is 1.99. The summed E-state index contributed by atoms with van der Waals surface area (Å²) in [5, 5.41) is 7.09. The molecule has 6 heteroatoms. The molecule has 2 aromatic carbocycles. The maximum Gasteiger partial charge on any atom is 0.199 e. The summed E-state index contributed by atoms with van der Waals surface area (Å²) in [6.45, 7) is 2.33. The lowest BCUT2D eigenvalue weighted by molar-refractivity contribution is 0.291. The highest BCUT2D eigenvalue weighted by molar-refractivity contribution is 7.71. The normalized spacial score (nSPS) is 10.5. The van der Waals surface area contributed by atoms with Crippen LogP contribution in [-0.2, 0) is 6.61 Å². The second-order valence-corrected chi connectivity index (χ2v) is 5.42. The molecule has 118 valence electrons. The van der Waals surface area contributed by atoms with Crippen molar-refractivity contribution in [3.63, 3.8) is 0 Å². The molecule has 0 saturated heterocycles. The fourth-order valence-electron chi connectivity index (χ4n) is 2.28. The third kappa shape index (κ3) is 3.27. The lowest BCUT2D eigenvalue weighted by Crippen LogP contribution is -2.06. The summed E-state index contributed by atoms with van der Waals surface area (Å²) < 4.78 is 13.4. The van der Waals surface area contributed by atoms with Gasteiger partial charge in [0.1, 0.15) is 18.1 Å².